The van der Waals surface area contributed by atoms with Gasteiger partial charge in [-0.1, -0.05) is 16.5 Å². The Morgan fingerprint density at radius 3 is 2.88 bits per heavy atom. The van der Waals surface area contributed by atoms with Gasteiger partial charge in [0.05, 0.1) is 35.8 Å². The predicted molar refractivity (Wildman–Crippen MR) is 96.6 cm³/mol. The van der Waals surface area contributed by atoms with Crippen LogP contribution in [0.5, 0.6) is 5.75 Å². The summed E-state index contributed by atoms with van der Waals surface area (Å²) in [5, 5.41) is 4.34. The molecule has 1 aromatic carbocycles. The summed E-state index contributed by atoms with van der Waals surface area (Å²) in [6.07, 6.45) is 1.57. The van der Waals surface area contributed by atoms with Crippen LogP contribution in [0.3, 0.4) is 0 Å². The summed E-state index contributed by atoms with van der Waals surface area (Å²) < 4.78 is 16.7. The zero-order valence-electron chi connectivity index (χ0n) is 14.1. The molecule has 0 aliphatic heterocycles. The van der Waals surface area contributed by atoms with Gasteiger partial charge in [-0.05, 0) is 31.2 Å². The molecule has 0 atom stereocenters. The highest BCUT2D eigenvalue weighted by atomic mass is 32.1. The quantitative estimate of drug-likeness (QED) is 0.528. The number of fused-ring (bicyclic) bond motifs is 1. The first-order chi connectivity index (χ1) is 12.6. The fourth-order valence-electron chi connectivity index (χ4n) is 2.52. The summed E-state index contributed by atoms with van der Waals surface area (Å²) in [6.45, 7) is 2.00. The standard InChI is InChI=1S/C18H15N3O4S/c1-11-8-15(25-20-11)17(22)21(10-13-4-3-7-24-13)18-19-14-9-12(23-2)5-6-16(14)26-18/h3-9H,10H2,1-2H3. The number of amides is 1. The Morgan fingerprint density at radius 2 is 2.19 bits per heavy atom. The highest BCUT2D eigenvalue weighted by Crippen LogP contribution is 2.32. The van der Waals surface area contributed by atoms with Crippen molar-refractivity contribution in [2.45, 2.75) is 13.5 Å². The first-order valence-electron chi connectivity index (χ1n) is 7.86. The largest absolute Gasteiger partial charge is 0.497 e. The van der Waals surface area contributed by atoms with Gasteiger partial charge in [0.15, 0.2) is 5.13 Å². The fraction of sp³-hybridized carbons (Fsp3) is 0.167. The SMILES string of the molecule is COc1ccc2sc(N(Cc3ccco3)C(=O)c3cc(C)no3)nc2c1. The molecule has 0 N–H and O–H groups in total. The number of methoxy groups -OCH3 is 1. The first-order valence-corrected chi connectivity index (χ1v) is 8.68. The van der Waals surface area contributed by atoms with Crippen LogP contribution in [-0.2, 0) is 6.54 Å². The van der Waals surface area contributed by atoms with Crippen molar-refractivity contribution in [3.63, 3.8) is 0 Å². The minimum Gasteiger partial charge on any atom is -0.497 e. The summed E-state index contributed by atoms with van der Waals surface area (Å²) in [4.78, 5) is 19.1. The van der Waals surface area contributed by atoms with Crippen molar-refractivity contribution in [3.05, 3.63) is 59.9 Å². The molecule has 3 aromatic heterocycles. The summed E-state index contributed by atoms with van der Waals surface area (Å²) in [5.74, 6) is 1.19. The number of nitrogens with zero attached hydrogens (tertiary/aromatic N) is 3. The normalized spacial score (nSPS) is 11.0. The first kappa shape index (κ1) is 16.3. The molecule has 0 spiro atoms. The van der Waals surface area contributed by atoms with Crippen LogP contribution in [-0.4, -0.2) is 23.2 Å². The number of thiazole rings is 1. The number of aryl methyl sites for hydroxylation is 1. The lowest BCUT2D eigenvalue weighted by Crippen LogP contribution is -2.29. The van der Waals surface area contributed by atoms with E-state index in [1.165, 1.54) is 16.2 Å². The van der Waals surface area contributed by atoms with E-state index in [9.17, 15) is 4.79 Å². The fourth-order valence-corrected chi connectivity index (χ4v) is 3.46. The highest BCUT2D eigenvalue weighted by molar-refractivity contribution is 7.22. The van der Waals surface area contributed by atoms with Crippen LogP contribution >= 0.6 is 11.3 Å². The van der Waals surface area contributed by atoms with Crippen molar-refractivity contribution >= 4 is 32.6 Å². The molecule has 0 saturated carbocycles. The van der Waals surface area contributed by atoms with E-state index in [2.05, 4.69) is 10.1 Å². The van der Waals surface area contributed by atoms with E-state index in [1.54, 1.807) is 32.4 Å². The molecule has 0 unspecified atom stereocenters. The third-order valence-electron chi connectivity index (χ3n) is 3.79. The van der Waals surface area contributed by atoms with Crippen molar-refractivity contribution < 1.29 is 18.5 Å². The topological polar surface area (TPSA) is 81.6 Å². The molecule has 26 heavy (non-hydrogen) atoms. The minimum atomic E-state index is -0.326. The number of carbonyl (C=O) groups excluding carboxylic acids is 1. The van der Waals surface area contributed by atoms with E-state index in [0.29, 0.717) is 22.3 Å². The van der Waals surface area contributed by atoms with Gasteiger partial charge in [-0.3, -0.25) is 9.69 Å². The third-order valence-corrected chi connectivity index (χ3v) is 4.85. The minimum absolute atomic E-state index is 0.158. The molecule has 132 valence electrons. The molecule has 0 radical (unpaired) electrons. The third kappa shape index (κ3) is 3.06. The van der Waals surface area contributed by atoms with E-state index in [4.69, 9.17) is 13.7 Å². The van der Waals surface area contributed by atoms with Crippen LogP contribution in [0, 0.1) is 6.92 Å². The monoisotopic (exact) mass is 369 g/mol. The van der Waals surface area contributed by atoms with Crippen LogP contribution in [0.4, 0.5) is 5.13 Å². The Bertz CT molecular complexity index is 1050. The molecule has 0 aliphatic rings. The molecular formula is C18H15N3O4S. The summed E-state index contributed by atoms with van der Waals surface area (Å²) in [6, 6.07) is 10.8. The Balaban J connectivity index is 1.75. The summed E-state index contributed by atoms with van der Waals surface area (Å²) >= 11 is 1.41. The van der Waals surface area contributed by atoms with Crippen molar-refractivity contribution in [1.82, 2.24) is 10.1 Å². The molecule has 1 amide bonds. The zero-order valence-corrected chi connectivity index (χ0v) is 14.9. The zero-order chi connectivity index (χ0) is 18.1. The lowest BCUT2D eigenvalue weighted by Gasteiger charge is -2.16. The van der Waals surface area contributed by atoms with Gasteiger partial charge in [0.25, 0.3) is 5.91 Å². The lowest BCUT2D eigenvalue weighted by atomic mass is 10.3. The number of aromatic nitrogens is 2. The van der Waals surface area contributed by atoms with E-state index < -0.39 is 0 Å². The average Bonchev–Trinajstić information content (AvgIpc) is 3.38. The molecule has 4 rings (SSSR count). The van der Waals surface area contributed by atoms with Gasteiger partial charge in [-0.2, -0.15) is 0 Å². The average molecular weight is 369 g/mol. The number of furan rings is 1. The Morgan fingerprint density at radius 1 is 1.31 bits per heavy atom. The van der Waals surface area contributed by atoms with Crippen LogP contribution in [0.2, 0.25) is 0 Å². The molecule has 4 aromatic rings. The van der Waals surface area contributed by atoms with Crippen molar-refractivity contribution in [2.24, 2.45) is 0 Å². The molecule has 3 heterocycles. The maximum absolute atomic E-state index is 13.0. The second-order valence-electron chi connectivity index (χ2n) is 5.63. The van der Waals surface area contributed by atoms with Gasteiger partial charge in [0.1, 0.15) is 11.5 Å². The smallest absolute Gasteiger partial charge is 0.299 e. The molecule has 8 heteroatoms. The molecule has 0 fully saturated rings. The van der Waals surface area contributed by atoms with E-state index in [0.717, 1.165) is 10.2 Å². The van der Waals surface area contributed by atoms with Gasteiger partial charge in [-0.25, -0.2) is 4.98 Å². The van der Waals surface area contributed by atoms with Gasteiger partial charge < -0.3 is 13.7 Å². The van der Waals surface area contributed by atoms with E-state index in [-0.39, 0.29) is 18.2 Å². The van der Waals surface area contributed by atoms with Crippen molar-refractivity contribution in [2.75, 3.05) is 12.0 Å². The Labute approximate surface area is 152 Å². The van der Waals surface area contributed by atoms with Crippen LogP contribution < -0.4 is 9.64 Å². The Hall–Kier alpha value is -3.13. The second kappa shape index (κ2) is 6.64. The van der Waals surface area contributed by atoms with Gasteiger partial charge in [0, 0.05) is 12.1 Å². The number of hydrogen-bond donors (Lipinski definition) is 0. The van der Waals surface area contributed by atoms with Crippen molar-refractivity contribution in [3.8, 4) is 5.75 Å². The molecule has 0 bridgehead atoms. The van der Waals surface area contributed by atoms with Crippen LogP contribution in [0.15, 0.2) is 51.6 Å². The maximum Gasteiger partial charge on any atom is 0.299 e. The molecular weight excluding hydrogens is 354 g/mol. The van der Waals surface area contributed by atoms with Gasteiger partial charge >= 0.3 is 0 Å². The van der Waals surface area contributed by atoms with Crippen molar-refractivity contribution in [1.29, 1.82) is 0 Å². The number of anilines is 1. The number of carbonyl (C=O) groups is 1. The molecule has 0 saturated heterocycles. The second-order valence-corrected chi connectivity index (χ2v) is 6.64. The van der Waals surface area contributed by atoms with Gasteiger partial charge in [0.2, 0.25) is 5.76 Å². The lowest BCUT2D eigenvalue weighted by molar-refractivity contribution is 0.0947. The predicted octanol–water partition coefficient (Wildman–Crippen LogP) is 4.04. The number of rotatable bonds is 5. The highest BCUT2D eigenvalue weighted by Gasteiger charge is 2.25. The number of benzene rings is 1. The number of ether oxygens (including phenoxy) is 1. The summed E-state index contributed by atoms with van der Waals surface area (Å²) in [7, 11) is 1.60. The number of hydrogen-bond acceptors (Lipinski definition) is 7. The van der Waals surface area contributed by atoms with Crippen LogP contribution in [0.25, 0.3) is 10.2 Å². The van der Waals surface area contributed by atoms with Crippen LogP contribution in [0.1, 0.15) is 22.0 Å². The maximum atomic E-state index is 13.0. The Kier molecular flexibility index (Phi) is 4.18. The van der Waals surface area contributed by atoms with Gasteiger partial charge in [-0.15, -0.1) is 0 Å². The summed E-state index contributed by atoms with van der Waals surface area (Å²) in [5.41, 5.74) is 1.40. The molecule has 7 nitrogen and oxygen atoms in total. The van der Waals surface area contributed by atoms with E-state index >= 15 is 0 Å². The molecule has 0 aliphatic carbocycles. The van der Waals surface area contributed by atoms with E-state index in [1.807, 2.05) is 24.3 Å².